The number of halogens is 4. The summed E-state index contributed by atoms with van der Waals surface area (Å²) in [4.78, 5) is 35.7. The highest BCUT2D eigenvalue weighted by molar-refractivity contribution is 8.15. The number of aryl methyl sites for hydroxylation is 1. The maximum Gasteiger partial charge on any atom is 0.446 e. The standard InChI is InChI=1S/C29H24ClF3N6O3S2/c1-16-4-10-21(17(2)42-3)24(12-16)39-25(40)14-43-28(39)36-27(41)35-23-11-5-18(13-22(23)30)26-34-15-38(37-26)19-6-8-20(9-7-19)44-29(31,32)33/h4-13,15,17H,14H2,1-3H3,(H,35,41)/b36-28-. The van der Waals surface area contributed by atoms with Crippen LogP contribution in [0.5, 0.6) is 0 Å². The number of anilines is 2. The average molecular weight is 661 g/mol. The molecule has 0 spiro atoms. The number of benzene rings is 3. The molecule has 228 valence electrons. The Balaban J connectivity index is 1.31. The molecule has 2 heterocycles. The maximum atomic E-state index is 12.9. The van der Waals surface area contributed by atoms with Gasteiger partial charge >= 0.3 is 11.5 Å². The van der Waals surface area contributed by atoms with E-state index < -0.39 is 11.5 Å². The van der Waals surface area contributed by atoms with E-state index in [1.807, 2.05) is 32.0 Å². The summed E-state index contributed by atoms with van der Waals surface area (Å²) in [6.45, 7) is 3.78. The summed E-state index contributed by atoms with van der Waals surface area (Å²) in [5, 5.41) is 7.47. The van der Waals surface area contributed by atoms with Gasteiger partial charge in [0.05, 0.1) is 33.9 Å². The van der Waals surface area contributed by atoms with Gasteiger partial charge in [0.2, 0.25) is 5.91 Å². The summed E-state index contributed by atoms with van der Waals surface area (Å²) < 4.78 is 44.7. The van der Waals surface area contributed by atoms with Gasteiger partial charge in [-0.3, -0.25) is 9.69 Å². The van der Waals surface area contributed by atoms with Crippen molar-refractivity contribution >= 4 is 63.6 Å². The second kappa shape index (κ2) is 13.0. The van der Waals surface area contributed by atoms with Crippen molar-refractivity contribution in [1.82, 2.24) is 14.8 Å². The number of methoxy groups -OCH3 is 1. The first-order valence-corrected chi connectivity index (χ1v) is 15.2. The third-order valence-electron chi connectivity index (χ3n) is 6.48. The summed E-state index contributed by atoms with van der Waals surface area (Å²) >= 11 is 7.43. The lowest BCUT2D eigenvalue weighted by Gasteiger charge is -2.23. The van der Waals surface area contributed by atoms with Gasteiger partial charge in [0.15, 0.2) is 11.0 Å². The third kappa shape index (κ3) is 7.26. The minimum atomic E-state index is -4.37. The second-order valence-electron chi connectivity index (χ2n) is 9.53. The normalized spacial score (nSPS) is 15.2. The summed E-state index contributed by atoms with van der Waals surface area (Å²) in [5.74, 6) is 0.240. The van der Waals surface area contributed by atoms with Crippen molar-refractivity contribution in [2.45, 2.75) is 30.4 Å². The van der Waals surface area contributed by atoms with E-state index >= 15 is 0 Å². The minimum absolute atomic E-state index is 0.0579. The fourth-order valence-corrected chi connectivity index (χ4v) is 5.93. The monoisotopic (exact) mass is 660 g/mol. The van der Waals surface area contributed by atoms with Crippen molar-refractivity contribution in [3.05, 3.63) is 83.1 Å². The molecule has 0 radical (unpaired) electrons. The number of carbonyl (C=O) groups excluding carboxylic acids is 2. The SMILES string of the molecule is COC(C)c1ccc(C)cc1N1C(=O)CS/C1=N\C(=O)Nc1ccc(-c2ncn(-c3ccc(SC(F)(F)F)cc3)n2)cc1Cl. The number of carbonyl (C=O) groups is 2. The van der Waals surface area contributed by atoms with Crippen LogP contribution in [0.1, 0.15) is 24.2 Å². The number of urea groups is 1. The highest BCUT2D eigenvalue weighted by Crippen LogP contribution is 2.37. The van der Waals surface area contributed by atoms with Gasteiger partial charge in [-0.1, -0.05) is 35.5 Å². The molecule has 1 aliphatic heterocycles. The number of amidine groups is 1. The largest absolute Gasteiger partial charge is 0.446 e. The third-order valence-corrected chi connectivity index (χ3v) is 8.45. The van der Waals surface area contributed by atoms with Crippen LogP contribution >= 0.6 is 35.1 Å². The van der Waals surface area contributed by atoms with E-state index in [1.54, 1.807) is 25.3 Å². The number of amides is 3. The lowest BCUT2D eigenvalue weighted by molar-refractivity contribution is -0.115. The van der Waals surface area contributed by atoms with E-state index in [0.29, 0.717) is 22.8 Å². The van der Waals surface area contributed by atoms with Gasteiger partial charge in [-0.2, -0.15) is 18.2 Å². The molecular formula is C29H24ClF3N6O3S2. The number of nitrogens with zero attached hydrogens (tertiary/aromatic N) is 5. The molecule has 1 aromatic heterocycles. The molecule has 3 amide bonds. The highest BCUT2D eigenvalue weighted by atomic mass is 35.5. The highest BCUT2D eigenvalue weighted by Gasteiger charge is 2.33. The van der Waals surface area contributed by atoms with Crippen LogP contribution in [0.2, 0.25) is 5.02 Å². The number of alkyl halides is 3. The van der Waals surface area contributed by atoms with Crippen molar-refractivity contribution in [2.75, 3.05) is 23.1 Å². The summed E-state index contributed by atoms with van der Waals surface area (Å²) in [6, 6.07) is 15.5. The summed E-state index contributed by atoms with van der Waals surface area (Å²) in [5.41, 5.74) is -0.693. The molecule has 5 rings (SSSR count). The smallest absolute Gasteiger partial charge is 0.377 e. The fraction of sp³-hybridized carbons (Fsp3) is 0.207. The van der Waals surface area contributed by atoms with Crippen LogP contribution in [0, 0.1) is 6.92 Å². The van der Waals surface area contributed by atoms with Crippen LogP contribution in [0.3, 0.4) is 0 Å². The predicted molar refractivity (Wildman–Crippen MR) is 167 cm³/mol. The fourth-order valence-electron chi connectivity index (χ4n) is 4.31. The quantitative estimate of drug-likeness (QED) is 0.201. The van der Waals surface area contributed by atoms with E-state index in [9.17, 15) is 22.8 Å². The Morgan fingerprint density at radius 2 is 1.91 bits per heavy atom. The Hall–Kier alpha value is -3.85. The number of hydrogen-bond acceptors (Lipinski definition) is 7. The molecular weight excluding hydrogens is 637 g/mol. The van der Waals surface area contributed by atoms with E-state index in [2.05, 4.69) is 20.4 Å². The Morgan fingerprint density at radius 3 is 2.59 bits per heavy atom. The molecule has 0 bridgehead atoms. The van der Waals surface area contributed by atoms with Crippen molar-refractivity contribution in [1.29, 1.82) is 0 Å². The number of thioether (sulfide) groups is 2. The molecule has 1 atom stereocenters. The van der Waals surface area contributed by atoms with E-state index in [1.165, 1.54) is 40.2 Å². The molecule has 1 unspecified atom stereocenters. The first-order valence-electron chi connectivity index (χ1n) is 13.0. The lowest BCUT2D eigenvalue weighted by Crippen LogP contribution is -2.31. The van der Waals surface area contributed by atoms with E-state index in [-0.39, 0.29) is 50.3 Å². The zero-order valence-corrected chi connectivity index (χ0v) is 25.8. The minimum Gasteiger partial charge on any atom is -0.377 e. The zero-order chi connectivity index (χ0) is 31.6. The van der Waals surface area contributed by atoms with Gasteiger partial charge in [-0.25, -0.2) is 14.5 Å². The zero-order valence-electron chi connectivity index (χ0n) is 23.4. The second-order valence-corrected chi connectivity index (χ2v) is 12.0. The Kier molecular flexibility index (Phi) is 9.34. The molecule has 1 aliphatic rings. The lowest BCUT2D eigenvalue weighted by atomic mass is 10.0. The number of hydrogen-bond donors (Lipinski definition) is 1. The molecule has 15 heteroatoms. The van der Waals surface area contributed by atoms with Crippen LogP contribution < -0.4 is 10.2 Å². The predicted octanol–water partition coefficient (Wildman–Crippen LogP) is 7.88. The average Bonchev–Trinajstić information content (AvgIpc) is 3.60. The van der Waals surface area contributed by atoms with Gasteiger partial charge in [-0.05, 0) is 79.7 Å². The molecule has 3 aromatic carbocycles. The molecule has 44 heavy (non-hydrogen) atoms. The van der Waals surface area contributed by atoms with Gasteiger partial charge in [0.25, 0.3) is 0 Å². The van der Waals surface area contributed by atoms with Gasteiger partial charge in [0, 0.05) is 23.1 Å². The maximum absolute atomic E-state index is 12.9. The first kappa shape index (κ1) is 31.6. The molecule has 9 nitrogen and oxygen atoms in total. The van der Waals surface area contributed by atoms with E-state index in [0.717, 1.165) is 22.9 Å². The van der Waals surface area contributed by atoms with Crippen LogP contribution in [0.15, 0.2) is 76.9 Å². The number of aliphatic imine (C=N–C) groups is 1. The first-order chi connectivity index (χ1) is 20.9. The van der Waals surface area contributed by atoms with Crippen LogP contribution in [0.4, 0.5) is 29.3 Å². The number of rotatable bonds is 7. The molecule has 4 aromatic rings. The van der Waals surface area contributed by atoms with Crippen LogP contribution in [-0.4, -0.2) is 50.2 Å². The van der Waals surface area contributed by atoms with Gasteiger partial charge in [0.1, 0.15) is 6.33 Å². The topological polar surface area (TPSA) is 102 Å². The van der Waals surface area contributed by atoms with Crippen molar-refractivity contribution in [3.63, 3.8) is 0 Å². The van der Waals surface area contributed by atoms with E-state index in [4.69, 9.17) is 16.3 Å². The summed E-state index contributed by atoms with van der Waals surface area (Å²) in [7, 11) is 1.58. The molecule has 1 fully saturated rings. The Labute approximate surface area is 263 Å². The van der Waals surface area contributed by atoms with Gasteiger partial charge in [-0.15, -0.1) is 5.10 Å². The van der Waals surface area contributed by atoms with Crippen molar-refractivity contribution in [2.24, 2.45) is 4.99 Å². The molecule has 1 saturated heterocycles. The molecule has 1 N–H and O–H groups in total. The Morgan fingerprint density at radius 1 is 1.16 bits per heavy atom. The molecule has 0 aliphatic carbocycles. The molecule has 0 saturated carbocycles. The number of ether oxygens (including phenoxy) is 1. The number of nitrogens with one attached hydrogen (secondary N) is 1. The Bertz CT molecular complexity index is 1750. The van der Waals surface area contributed by atoms with Crippen molar-refractivity contribution < 1.29 is 27.5 Å². The van der Waals surface area contributed by atoms with Crippen LogP contribution in [-0.2, 0) is 9.53 Å². The summed E-state index contributed by atoms with van der Waals surface area (Å²) in [6.07, 6.45) is 1.14. The van der Waals surface area contributed by atoms with Crippen LogP contribution in [0.25, 0.3) is 17.1 Å². The van der Waals surface area contributed by atoms with Crippen molar-refractivity contribution in [3.8, 4) is 17.1 Å². The number of aromatic nitrogens is 3. The van der Waals surface area contributed by atoms with Gasteiger partial charge < -0.3 is 10.1 Å².